The van der Waals surface area contributed by atoms with Crippen LogP contribution in [0.3, 0.4) is 0 Å². The highest BCUT2D eigenvalue weighted by Gasteiger charge is 2.39. The van der Waals surface area contributed by atoms with Gasteiger partial charge in [-0.3, -0.25) is 0 Å². The molecular formula is C19H29F5O3Si. The topological polar surface area (TPSA) is 27.7 Å². The molecule has 9 heteroatoms. The number of rotatable bonds is 14. The first kappa shape index (κ1) is 25.0. The maximum atomic E-state index is 13.6. The molecule has 0 atom stereocenters. The van der Waals surface area contributed by atoms with Crippen LogP contribution in [-0.2, 0) is 19.7 Å². The van der Waals surface area contributed by atoms with E-state index in [1.54, 1.807) is 0 Å². The maximum absolute atomic E-state index is 13.6. The van der Waals surface area contributed by atoms with E-state index in [1.165, 1.54) is 0 Å². The van der Waals surface area contributed by atoms with E-state index in [4.69, 9.17) is 13.3 Å². The molecule has 1 aromatic carbocycles. The summed E-state index contributed by atoms with van der Waals surface area (Å²) in [5.41, 5.74) is -0.744. The number of hydrogen-bond acceptors (Lipinski definition) is 3. The van der Waals surface area contributed by atoms with Crippen LogP contribution in [0.15, 0.2) is 0 Å². The summed E-state index contributed by atoms with van der Waals surface area (Å²) in [4.78, 5) is 0. The molecule has 0 fully saturated rings. The number of halogens is 5. The van der Waals surface area contributed by atoms with Gasteiger partial charge in [-0.25, -0.2) is 22.0 Å². The van der Waals surface area contributed by atoms with Crippen LogP contribution in [0.1, 0.15) is 58.4 Å². The largest absolute Gasteiger partial charge is 0.500 e. The third-order valence-electron chi connectivity index (χ3n) is 4.30. The van der Waals surface area contributed by atoms with E-state index in [1.807, 2.05) is 20.8 Å². The molecule has 0 radical (unpaired) electrons. The van der Waals surface area contributed by atoms with Crippen molar-refractivity contribution < 1.29 is 35.2 Å². The molecule has 0 aliphatic heterocycles. The van der Waals surface area contributed by atoms with E-state index in [0.29, 0.717) is 38.7 Å². The molecule has 0 heterocycles. The fraction of sp³-hybridized carbons (Fsp3) is 0.684. The van der Waals surface area contributed by atoms with E-state index in [9.17, 15) is 22.0 Å². The quantitative estimate of drug-likeness (QED) is 0.121. The fourth-order valence-electron chi connectivity index (χ4n) is 3.04. The Labute approximate surface area is 164 Å². The SMILES string of the molecule is CCO[Si](CCCCCCCc1c(F)c(F)c(F)c(F)c1F)(OCC)OCC. The zero-order valence-electron chi connectivity index (χ0n) is 16.7. The molecule has 0 amide bonds. The molecule has 0 saturated heterocycles. The smallest absolute Gasteiger partial charge is 0.374 e. The highest BCUT2D eigenvalue weighted by Crippen LogP contribution is 2.25. The van der Waals surface area contributed by atoms with Crippen molar-refractivity contribution in [3.8, 4) is 0 Å². The standard InChI is InChI=1S/C19H29F5O3Si/c1-4-25-28(26-5-2,27-6-3)13-11-9-7-8-10-12-14-15(20)17(22)19(24)18(23)16(14)21/h4-13H2,1-3H3. The molecular weight excluding hydrogens is 399 g/mol. The molecule has 0 aromatic heterocycles. The normalized spacial score (nSPS) is 12.0. The maximum Gasteiger partial charge on any atom is 0.500 e. The molecule has 0 saturated carbocycles. The lowest BCUT2D eigenvalue weighted by Gasteiger charge is -2.28. The Morgan fingerprint density at radius 3 is 1.43 bits per heavy atom. The third kappa shape index (κ3) is 6.79. The summed E-state index contributed by atoms with van der Waals surface area (Å²) in [7, 11) is -2.67. The third-order valence-corrected chi connectivity index (χ3v) is 7.45. The Morgan fingerprint density at radius 2 is 0.964 bits per heavy atom. The van der Waals surface area contributed by atoms with E-state index in [2.05, 4.69) is 0 Å². The molecule has 0 N–H and O–H groups in total. The minimum Gasteiger partial charge on any atom is -0.374 e. The van der Waals surface area contributed by atoms with Gasteiger partial charge in [0.15, 0.2) is 23.3 Å². The van der Waals surface area contributed by atoms with Crippen LogP contribution >= 0.6 is 0 Å². The van der Waals surface area contributed by atoms with Crippen molar-refractivity contribution in [1.29, 1.82) is 0 Å². The monoisotopic (exact) mass is 428 g/mol. The molecule has 28 heavy (non-hydrogen) atoms. The highest BCUT2D eigenvalue weighted by molar-refractivity contribution is 6.60. The van der Waals surface area contributed by atoms with Crippen molar-refractivity contribution in [3.05, 3.63) is 34.6 Å². The van der Waals surface area contributed by atoms with E-state index < -0.39 is 43.5 Å². The lowest BCUT2D eigenvalue weighted by Crippen LogP contribution is -2.45. The summed E-state index contributed by atoms with van der Waals surface area (Å²) in [6, 6.07) is 0.681. The molecule has 0 aliphatic carbocycles. The first-order valence-corrected chi connectivity index (χ1v) is 11.7. The molecule has 0 aliphatic rings. The second kappa shape index (κ2) is 12.5. The van der Waals surface area contributed by atoms with Gasteiger partial charge in [0, 0.05) is 31.4 Å². The lowest BCUT2D eigenvalue weighted by atomic mass is 10.0. The molecule has 3 nitrogen and oxygen atoms in total. The van der Waals surface area contributed by atoms with E-state index in [0.717, 1.165) is 19.3 Å². The van der Waals surface area contributed by atoms with Crippen molar-refractivity contribution in [1.82, 2.24) is 0 Å². The molecule has 0 spiro atoms. The van der Waals surface area contributed by atoms with Crippen molar-refractivity contribution >= 4 is 8.80 Å². The predicted molar refractivity (Wildman–Crippen MR) is 98.5 cm³/mol. The Kier molecular flexibility index (Phi) is 11.2. The van der Waals surface area contributed by atoms with Gasteiger partial charge in [0.1, 0.15) is 0 Å². The zero-order valence-corrected chi connectivity index (χ0v) is 17.7. The van der Waals surface area contributed by atoms with Gasteiger partial charge in [0.05, 0.1) is 0 Å². The van der Waals surface area contributed by atoms with Gasteiger partial charge in [-0.15, -0.1) is 0 Å². The Morgan fingerprint density at radius 1 is 0.571 bits per heavy atom. The predicted octanol–water partition coefficient (Wildman–Crippen LogP) is 5.92. The van der Waals surface area contributed by atoms with E-state index >= 15 is 0 Å². The first-order valence-electron chi connectivity index (χ1n) is 9.75. The van der Waals surface area contributed by atoms with Gasteiger partial charge in [-0.05, 0) is 40.0 Å². The second-order valence-electron chi connectivity index (χ2n) is 6.30. The second-order valence-corrected chi connectivity index (χ2v) is 9.03. The van der Waals surface area contributed by atoms with Crippen LogP contribution in [0.25, 0.3) is 0 Å². The highest BCUT2D eigenvalue weighted by atomic mass is 28.4. The van der Waals surface area contributed by atoms with Crippen LogP contribution in [0.2, 0.25) is 6.04 Å². The van der Waals surface area contributed by atoms with Crippen LogP contribution in [0.5, 0.6) is 0 Å². The molecule has 1 rings (SSSR count). The average Bonchev–Trinajstić information content (AvgIpc) is 2.67. The minimum atomic E-state index is -2.67. The number of unbranched alkanes of at least 4 members (excludes halogenated alkanes) is 4. The summed E-state index contributed by atoms with van der Waals surface area (Å²) < 4.78 is 83.9. The van der Waals surface area contributed by atoms with Crippen molar-refractivity contribution in [3.63, 3.8) is 0 Å². The van der Waals surface area contributed by atoms with Crippen molar-refractivity contribution in [2.45, 2.75) is 65.3 Å². The van der Waals surface area contributed by atoms with Crippen molar-refractivity contribution in [2.75, 3.05) is 19.8 Å². The molecule has 0 unspecified atom stereocenters. The van der Waals surface area contributed by atoms with Gasteiger partial charge in [-0.2, -0.15) is 0 Å². The van der Waals surface area contributed by atoms with Gasteiger partial charge >= 0.3 is 8.80 Å². The fourth-order valence-corrected chi connectivity index (χ4v) is 5.73. The van der Waals surface area contributed by atoms with Gasteiger partial charge in [-0.1, -0.05) is 19.3 Å². The number of benzene rings is 1. The Hall–Kier alpha value is -1.03. The van der Waals surface area contributed by atoms with Crippen LogP contribution in [0, 0.1) is 29.1 Å². The first-order chi connectivity index (χ1) is 13.3. The number of hydrogen-bond donors (Lipinski definition) is 0. The Balaban J connectivity index is 2.44. The zero-order chi connectivity index (χ0) is 21.2. The summed E-state index contributed by atoms with van der Waals surface area (Å²) in [5.74, 6) is -9.38. The van der Waals surface area contributed by atoms with Crippen LogP contribution < -0.4 is 0 Å². The lowest BCUT2D eigenvalue weighted by molar-refractivity contribution is 0.0706. The van der Waals surface area contributed by atoms with Crippen LogP contribution in [0.4, 0.5) is 22.0 Å². The minimum absolute atomic E-state index is 0.193. The summed E-state index contributed by atoms with van der Waals surface area (Å²) in [5, 5.41) is 0. The Bertz CT molecular complexity index is 570. The molecule has 162 valence electrons. The summed E-state index contributed by atoms with van der Waals surface area (Å²) >= 11 is 0. The van der Waals surface area contributed by atoms with Crippen LogP contribution in [-0.4, -0.2) is 28.6 Å². The van der Waals surface area contributed by atoms with E-state index in [-0.39, 0.29) is 6.42 Å². The van der Waals surface area contributed by atoms with Crippen molar-refractivity contribution in [2.24, 2.45) is 0 Å². The molecule has 0 bridgehead atoms. The van der Waals surface area contributed by atoms with Gasteiger partial charge < -0.3 is 13.3 Å². The summed E-state index contributed by atoms with van der Waals surface area (Å²) in [6.45, 7) is 7.19. The molecule has 1 aromatic rings. The van der Waals surface area contributed by atoms with Gasteiger partial charge in [0.25, 0.3) is 0 Å². The van der Waals surface area contributed by atoms with Gasteiger partial charge in [0.2, 0.25) is 5.82 Å². The average molecular weight is 429 g/mol. The summed E-state index contributed by atoms with van der Waals surface area (Å²) in [6.07, 6.45) is 3.18.